The first-order valence-electron chi connectivity index (χ1n) is 7.45. The highest BCUT2D eigenvalue weighted by molar-refractivity contribution is 9.10. The topological polar surface area (TPSA) is 39.1 Å². The normalized spacial score (nSPS) is 23.8. The lowest BCUT2D eigenvalue weighted by Gasteiger charge is -2.36. The van der Waals surface area contributed by atoms with Gasteiger partial charge in [0, 0.05) is 29.3 Å². The molecular formula is C16H20BrN3. The highest BCUT2D eigenvalue weighted by Gasteiger charge is 2.28. The lowest BCUT2D eigenvalue weighted by molar-refractivity contribution is 0.319. The molecule has 1 N–H and O–H groups in total. The minimum atomic E-state index is 0.731. The van der Waals surface area contributed by atoms with E-state index < -0.39 is 0 Å². The molecule has 0 aliphatic carbocycles. The zero-order valence-electron chi connectivity index (χ0n) is 11.6. The van der Waals surface area contributed by atoms with Crippen molar-refractivity contribution in [3.63, 3.8) is 0 Å². The van der Waals surface area contributed by atoms with Gasteiger partial charge in [-0.25, -0.2) is 0 Å². The van der Waals surface area contributed by atoms with E-state index in [1.54, 1.807) is 0 Å². The lowest BCUT2D eigenvalue weighted by Crippen LogP contribution is -2.40. The summed E-state index contributed by atoms with van der Waals surface area (Å²) >= 11 is 3.50. The second-order valence-corrected chi connectivity index (χ2v) is 6.75. The predicted octanol–water partition coefficient (Wildman–Crippen LogP) is 3.29. The third-order valence-corrected chi connectivity index (χ3v) is 5.04. The number of anilines is 1. The van der Waals surface area contributed by atoms with Crippen LogP contribution in [0.4, 0.5) is 5.69 Å². The van der Waals surface area contributed by atoms with E-state index in [9.17, 15) is 0 Å². The van der Waals surface area contributed by atoms with Crippen LogP contribution in [-0.4, -0.2) is 25.7 Å². The third kappa shape index (κ3) is 2.99. The van der Waals surface area contributed by atoms with Crippen molar-refractivity contribution in [3.8, 4) is 6.07 Å². The standard InChI is InChI=1S/C16H20BrN3/c17-14-8-12(11-18)9-15(10-14)20-6-3-13(4-7-20)16-2-1-5-19-16/h8-10,13,16,19H,1-7H2. The molecule has 4 heteroatoms. The molecule has 2 saturated heterocycles. The number of nitriles is 1. The van der Waals surface area contributed by atoms with Gasteiger partial charge in [0.1, 0.15) is 0 Å². The van der Waals surface area contributed by atoms with E-state index in [-0.39, 0.29) is 0 Å². The molecule has 0 amide bonds. The van der Waals surface area contributed by atoms with Gasteiger partial charge in [0.2, 0.25) is 0 Å². The van der Waals surface area contributed by atoms with E-state index in [0.29, 0.717) is 0 Å². The van der Waals surface area contributed by atoms with Crippen molar-refractivity contribution in [1.29, 1.82) is 5.26 Å². The fourth-order valence-corrected chi connectivity index (χ4v) is 3.98. The summed E-state index contributed by atoms with van der Waals surface area (Å²) in [5, 5.41) is 12.7. The number of piperidine rings is 1. The smallest absolute Gasteiger partial charge is 0.0992 e. The summed E-state index contributed by atoms with van der Waals surface area (Å²) in [6.07, 6.45) is 5.19. The summed E-state index contributed by atoms with van der Waals surface area (Å²) in [5.74, 6) is 0.830. The molecule has 2 heterocycles. The molecule has 1 aromatic carbocycles. The molecule has 20 heavy (non-hydrogen) atoms. The monoisotopic (exact) mass is 333 g/mol. The molecule has 3 nitrogen and oxygen atoms in total. The van der Waals surface area contributed by atoms with Crippen LogP contribution in [0.25, 0.3) is 0 Å². The maximum atomic E-state index is 9.07. The first-order chi connectivity index (χ1) is 9.76. The molecule has 0 saturated carbocycles. The maximum absolute atomic E-state index is 9.07. The Labute approximate surface area is 129 Å². The van der Waals surface area contributed by atoms with Crippen LogP contribution < -0.4 is 10.2 Å². The average molecular weight is 334 g/mol. The molecule has 2 aliphatic rings. The zero-order valence-corrected chi connectivity index (χ0v) is 13.2. The van der Waals surface area contributed by atoms with E-state index in [2.05, 4.69) is 38.3 Å². The van der Waals surface area contributed by atoms with Crippen LogP contribution in [0.1, 0.15) is 31.2 Å². The molecule has 2 aliphatic heterocycles. The van der Waals surface area contributed by atoms with Gasteiger partial charge in [-0.1, -0.05) is 15.9 Å². The minimum absolute atomic E-state index is 0.731. The van der Waals surface area contributed by atoms with E-state index in [1.165, 1.54) is 37.9 Å². The van der Waals surface area contributed by atoms with Gasteiger partial charge in [0.05, 0.1) is 11.6 Å². The largest absolute Gasteiger partial charge is 0.371 e. The molecule has 0 bridgehead atoms. The van der Waals surface area contributed by atoms with Gasteiger partial charge in [-0.2, -0.15) is 5.26 Å². The Morgan fingerprint density at radius 1 is 1.20 bits per heavy atom. The lowest BCUT2D eigenvalue weighted by atomic mass is 9.88. The average Bonchev–Trinajstić information content (AvgIpc) is 3.01. The summed E-state index contributed by atoms with van der Waals surface area (Å²) in [6.45, 7) is 3.40. The number of halogens is 1. The molecule has 1 unspecified atom stereocenters. The van der Waals surface area contributed by atoms with Crippen molar-refractivity contribution in [2.45, 2.75) is 31.7 Å². The van der Waals surface area contributed by atoms with Crippen LogP contribution in [0.5, 0.6) is 0 Å². The number of nitrogens with one attached hydrogen (secondary N) is 1. The molecule has 2 fully saturated rings. The van der Waals surface area contributed by atoms with Gasteiger partial charge in [0.15, 0.2) is 0 Å². The summed E-state index contributed by atoms with van der Waals surface area (Å²) in [4.78, 5) is 2.41. The van der Waals surface area contributed by atoms with Crippen molar-refractivity contribution in [3.05, 3.63) is 28.2 Å². The Bertz CT molecular complexity index is 509. The number of nitrogens with zero attached hydrogens (tertiary/aromatic N) is 2. The molecule has 0 spiro atoms. The van der Waals surface area contributed by atoms with E-state index in [1.807, 2.05) is 12.1 Å². The van der Waals surface area contributed by atoms with E-state index in [0.717, 1.165) is 35.1 Å². The Balaban J connectivity index is 1.65. The Morgan fingerprint density at radius 2 is 2.00 bits per heavy atom. The number of hydrogen-bond donors (Lipinski definition) is 1. The molecule has 3 rings (SSSR count). The fourth-order valence-electron chi connectivity index (χ4n) is 3.50. The predicted molar refractivity (Wildman–Crippen MR) is 84.8 cm³/mol. The third-order valence-electron chi connectivity index (χ3n) is 4.58. The first kappa shape index (κ1) is 13.9. The van der Waals surface area contributed by atoms with Crippen LogP contribution in [-0.2, 0) is 0 Å². The van der Waals surface area contributed by atoms with Crippen LogP contribution in [0.15, 0.2) is 22.7 Å². The van der Waals surface area contributed by atoms with Crippen LogP contribution >= 0.6 is 15.9 Å². The van der Waals surface area contributed by atoms with Crippen molar-refractivity contribution in [2.75, 3.05) is 24.5 Å². The van der Waals surface area contributed by atoms with E-state index >= 15 is 0 Å². The van der Waals surface area contributed by atoms with Gasteiger partial charge < -0.3 is 10.2 Å². The Kier molecular flexibility index (Phi) is 4.28. The van der Waals surface area contributed by atoms with Crippen molar-refractivity contribution in [1.82, 2.24) is 5.32 Å². The van der Waals surface area contributed by atoms with Crippen molar-refractivity contribution in [2.24, 2.45) is 5.92 Å². The molecular weight excluding hydrogens is 314 g/mol. The molecule has 1 aromatic rings. The Morgan fingerprint density at radius 3 is 2.65 bits per heavy atom. The van der Waals surface area contributed by atoms with E-state index in [4.69, 9.17) is 5.26 Å². The second kappa shape index (κ2) is 6.15. The molecule has 106 valence electrons. The zero-order chi connectivity index (χ0) is 13.9. The van der Waals surface area contributed by atoms with Gasteiger partial charge in [0.25, 0.3) is 0 Å². The Hall–Kier alpha value is -1.05. The highest BCUT2D eigenvalue weighted by Crippen LogP contribution is 2.30. The molecule has 0 aromatic heterocycles. The summed E-state index contributed by atoms with van der Waals surface area (Å²) < 4.78 is 0.992. The first-order valence-corrected chi connectivity index (χ1v) is 8.24. The summed E-state index contributed by atoms with van der Waals surface area (Å²) in [5.41, 5.74) is 1.91. The molecule has 1 atom stereocenters. The number of benzene rings is 1. The SMILES string of the molecule is N#Cc1cc(Br)cc(N2CCC(C3CCCN3)CC2)c1. The van der Waals surface area contributed by atoms with Crippen molar-refractivity contribution < 1.29 is 0 Å². The number of hydrogen-bond acceptors (Lipinski definition) is 3. The van der Waals surface area contributed by atoms with Crippen molar-refractivity contribution >= 4 is 21.6 Å². The number of rotatable bonds is 2. The quantitative estimate of drug-likeness (QED) is 0.902. The van der Waals surface area contributed by atoms with Gasteiger partial charge in [-0.3, -0.25) is 0 Å². The molecule has 0 radical (unpaired) electrons. The van der Waals surface area contributed by atoms with Gasteiger partial charge >= 0.3 is 0 Å². The summed E-state index contributed by atoms with van der Waals surface area (Å²) in [7, 11) is 0. The fraction of sp³-hybridized carbons (Fsp3) is 0.562. The van der Waals surface area contributed by atoms with Crippen LogP contribution in [0, 0.1) is 17.2 Å². The van der Waals surface area contributed by atoms with Crippen LogP contribution in [0.2, 0.25) is 0 Å². The van der Waals surface area contributed by atoms with Crippen LogP contribution in [0.3, 0.4) is 0 Å². The summed E-state index contributed by atoms with van der Waals surface area (Å²) in [6, 6.07) is 8.97. The van der Waals surface area contributed by atoms with Gasteiger partial charge in [-0.05, 0) is 56.3 Å². The second-order valence-electron chi connectivity index (χ2n) is 5.84. The maximum Gasteiger partial charge on any atom is 0.0992 e. The highest BCUT2D eigenvalue weighted by atomic mass is 79.9. The minimum Gasteiger partial charge on any atom is -0.371 e. The van der Waals surface area contributed by atoms with Gasteiger partial charge in [-0.15, -0.1) is 0 Å².